The SMILES string of the molecule is Nc1cc(Br)ccc1S(=O)(=O)Cc1cccc(F)c1. The summed E-state index contributed by atoms with van der Waals surface area (Å²) in [6.45, 7) is 0. The van der Waals surface area contributed by atoms with Crippen LogP contribution in [0.4, 0.5) is 10.1 Å². The van der Waals surface area contributed by atoms with Gasteiger partial charge in [-0.05, 0) is 35.9 Å². The number of halogens is 2. The van der Waals surface area contributed by atoms with Crippen LogP contribution in [-0.2, 0) is 15.6 Å². The van der Waals surface area contributed by atoms with Gasteiger partial charge in [0, 0.05) is 4.47 Å². The molecule has 0 radical (unpaired) electrons. The molecule has 3 nitrogen and oxygen atoms in total. The van der Waals surface area contributed by atoms with Gasteiger partial charge in [-0.1, -0.05) is 28.1 Å². The smallest absolute Gasteiger partial charge is 0.184 e. The van der Waals surface area contributed by atoms with Crippen LogP contribution in [0.25, 0.3) is 0 Å². The average molecular weight is 344 g/mol. The van der Waals surface area contributed by atoms with Crippen molar-refractivity contribution < 1.29 is 12.8 Å². The molecule has 0 saturated heterocycles. The van der Waals surface area contributed by atoms with Gasteiger partial charge in [0.25, 0.3) is 0 Å². The van der Waals surface area contributed by atoms with Crippen molar-refractivity contribution in [2.45, 2.75) is 10.6 Å². The average Bonchev–Trinajstić information content (AvgIpc) is 2.27. The van der Waals surface area contributed by atoms with Gasteiger partial charge in [0.05, 0.1) is 16.3 Å². The van der Waals surface area contributed by atoms with Gasteiger partial charge in [-0.15, -0.1) is 0 Å². The Labute approximate surface area is 119 Å². The number of rotatable bonds is 3. The van der Waals surface area contributed by atoms with Gasteiger partial charge >= 0.3 is 0 Å². The van der Waals surface area contributed by atoms with E-state index in [1.165, 1.54) is 30.3 Å². The van der Waals surface area contributed by atoms with Crippen molar-refractivity contribution in [3.05, 3.63) is 58.3 Å². The predicted molar refractivity (Wildman–Crippen MR) is 75.8 cm³/mol. The van der Waals surface area contributed by atoms with E-state index in [2.05, 4.69) is 15.9 Å². The molecule has 19 heavy (non-hydrogen) atoms. The van der Waals surface area contributed by atoms with E-state index in [1.54, 1.807) is 12.1 Å². The van der Waals surface area contributed by atoms with E-state index < -0.39 is 15.7 Å². The molecule has 0 aliphatic heterocycles. The third kappa shape index (κ3) is 3.33. The molecule has 0 aliphatic carbocycles. The van der Waals surface area contributed by atoms with E-state index in [-0.39, 0.29) is 16.3 Å². The molecular formula is C13H11BrFNO2S. The Balaban J connectivity index is 2.38. The van der Waals surface area contributed by atoms with Crippen LogP contribution in [0.2, 0.25) is 0 Å². The lowest BCUT2D eigenvalue weighted by molar-refractivity contribution is 0.595. The summed E-state index contributed by atoms with van der Waals surface area (Å²) in [6.07, 6.45) is 0. The Bertz CT molecular complexity index is 716. The van der Waals surface area contributed by atoms with Crippen LogP contribution in [-0.4, -0.2) is 8.42 Å². The maximum Gasteiger partial charge on any atom is 0.184 e. The van der Waals surface area contributed by atoms with E-state index in [4.69, 9.17) is 5.73 Å². The highest BCUT2D eigenvalue weighted by Gasteiger charge is 2.18. The molecule has 0 spiro atoms. The molecule has 0 unspecified atom stereocenters. The van der Waals surface area contributed by atoms with Crippen LogP contribution >= 0.6 is 15.9 Å². The van der Waals surface area contributed by atoms with Crippen LogP contribution in [0.15, 0.2) is 51.8 Å². The molecule has 0 amide bonds. The molecule has 0 atom stereocenters. The zero-order chi connectivity index (χ0) is 14.0. The summed E-state index contributed by atoms with van der Waals surface area (Å²) in [7, 11) is -3.59. The summed E-state index contributed by atoms with van der Waals surface area (Å²) in [4.78, 5) is 0.0555. The minimum Gasteiger partial charge on any atom is -0.398 e. The standard InChI is InChI=1S/C13H11BrFNO2S/c14-10-4-5-13(12(16)7-10)19(17,18)8-9-2-1-3-11(15)6-9/h1-7H,8,16H2. The molecule has 0 fully saturated rings. The molecule has 0 saturated carbocycles. The van der Waals surface area contributed by atoms with Gasteiger partial charge in [0.2, 0.25) is 0 Å². The number of hydrogen-bond acceptors (Lipinski definition) is 3. The van der Waals surface area contributed by atoms with Crippen molar-refractivity contribution in [1.29, 1.82) is 0 Å². The molecule has 0 heterocycles. The number of benzene rings is 2. The van der Waals surface area contributed by atoms with E-state index in [1.807, 2.05) is 0 Å². The summed E-state index contributed by atoms with van der Waals surface area (Å²) in [5.74, 6) is -0.743. The number of nitrogen functional groups attached to an aromatic ring is 1. The van der Waals surface area contributed by atoms with Crippen LogP contribution in [0.5, 0.6) is 0 Å². The molecular weight excluding hydrogens is 333 g/mol. The van der Waals surface area contributed by atoms with Gasteiger partial charge in [0.1, 0.15) is 5.82 Å². The van der Waals surface area contributed by atoms with E-state index in [0.717, 1.165) is 0 Å². The first-order valence-electron chi connectivity index (χ1n) is 5.41. The monoisotopic (exact) mass is 343 g/mol. The van der Waals surface area contributed by atoms with Crippen molar-refractivity contribution in [3.8, 4) is 0 Å². The largest absolute Gasteiger partial charge is 0.398 e. The summed E-state index contributed by atoms with van der Waals surface area (Å²) in [5.41, 5.74) is 6.27. The van der Waals surface area contributed by atoms with Crippen LogP contribution < -0.4 is 5.73 Å². The van der Waals surface area contributed by atoms with E-state index in [0.29, 0.717) is 10.0 Å². The summed E-state index contributed by atoms with van der Waals surface area (Å²) in [5, 5.41) is 0. The van der Waals surface area contributed by atoms with E-state index in [9.17, 15) is 12.8 Å². The third-order valence-electron chi connectivity index (χ3n) is 2.55. The van der Waals surface area contributed by atoms with Crippen molar-refractivity contribution in [1.82, 2.24) is 0 Å². The highest BCUT2D eigenvalue weighted by atomic mass is 79.9. The lowest BCUT2D eigenvalue weighted by Crippen LogP contribution is -2.08. The minimum atomic E-state index is -3.59. The lowest BCUT2D eigenvalue weighted by atomic mass is 10.2. The first-order chi connectivity index (χ1) is 8.88. The van der Waals surface area contributed by atoms with Crippen molar-refractivity contribution >= 4 is 31.5 Å². The number of nitrogens with two attached hydrogens (primary N) is 1. The first kappa shape index (κ1) is 14.0. The third-order valence-corrected chi connectivity index (χ3v) is 4.80. The number of sulfone groups is 1. The Hall–Kier alpha value is -1.40. The highest BCUT2D eigenvalue weighted by Crippen LogP contribution is 2.25. The van der Waals surface area contributed by atoms with Gasteiger partial charge in [-0.25, -0.2) is 12.8 Å². The van der Waals surface area contributed by atoms with Crippen molar-refractivity contribution in [3.63, 3.8) is 0 Å². The molecule has 2 N–H and O–H groups in total. The topological polar surface area (TPSA) is 60.2 Å². The molecule has 6 heteroatoms. The fraction of sp³-hybridized carbons (Fsp3) is 0.0769. The summed E-state index contributed by atoms with van der Waals surface area (Å²) >= 11 is 3.21. The second kappa shape index (κ2) is 5.30. The molecule has 100 valence electrons. The Morgan fingerprint density at radius 3 is 2.53 bits per heavy atom. The van der Waals surface area contributed by atoms with Crippen LogP contribution in [0.1, 0.15) is 5.56 Å². The molecule has 0 bridgehead atoms. The Kier molecular flexibility index (Phi) is 3.91. The van der Waals surface area contributed by atoms with Gasteiger partial charge in [-0.2, -0.15) is 0 Å². The Morgan fingerprint density at radius 2 is 1.89 bits per heavy atom. The summed E-state index contributed by atoms with van der Waals surface area (Å²) < 4.78 is 38.2. The first-order valence-corrected chi connectivity index (χ1v) is 7.85. The van der Waals surface area contributed by atoms with Crippen LogP contribution in [0.3, 0.4) is 0 Å². The maximum atomic E-state index is 13.1. The molecule has 2 rings (SSSR count). The van der Waals surface area contributed by atoms with Crippen molar-refractivity contribution in [2.24, 2.45) is 0 Å². The second-order valence-corrected chi connectivity index (χ2v) is 6.94. The minimum absolute atomic E-state index is 0.0555. The lowest BCUT2D eigenvalue weighted by Gasteiger charge is -2.08. The van der Waals surface area contributed by atoms with Gasteiger partial charge in [0.15, 0.2) is 9.84 Å². The number of anilines is 1. The zero-order valence-electron chi connectivity index (χ0n) is 9.81. The zero-order valence-corrected chi connectivity index (χ0v) is 12.2. The number of hydrogen-bond donors (Lipinski definition) is 1. The van der Waals surface area contributed by atoms with Crippen LogP contribution in [0, 0.1) is 5.82 Å². The molecule has 2 aromatic rings. The van der Waals surface area contributed by atoms with Gasteiger partial charge < -0.3 is 5.73 Å². The maximum absolute atomic E-state index is 13.1. The molecule has 0 aromatic heterocycles. The summed E-state index contributed by atoms with van der Waals surface area (Å²) in [6, 6.07) is 10.1. The van der Waals surface area contributed by atoms with Gasteiger partial charge in [-0.3, -0.25) is 0 Å². The Morgan fingerprint density at radius 1 is 1.16 bits per heavy atom. The van der Waals surface area contributed by atoms with Crippen molar-refractivity contribution in [2.75, 3.05) is 5.73 Å². The highest BCUT2D eigenvalue weighted by molar-refractivity contribution is 9.10. The van der Waals surface area contributed by atoms with E-state index >= 15 is 0 Å². The quantitative estimate of drug-likeness (QED) is 0.871. The second-order valence-electron chi connectivity index (χ2n) is 4.07. The molecule has 0 aliphatic rings. The fourth-order valence-corrected chi connectivity index (χ4v) is 3.57. The predicted octanol–water partition coefficient (Wildman–Crippen LogP) is 3.14. The molecule has 2 aromatic carbocycles. The normalized spacial score (nSPS) is 11.5. The fourth-order valence-electron chi connectivity index (χ4n) is 1.73.